The number of aromatic nitrogens is 1. The van der Waals surface area contributed by atoms with Crippen molar-refractivity contribution in [1.29, 1.82) is 0 Å². The number of anilines is 1. The first-order valence-electron chi connectivity index (χ1n) is 7.46. The molecule has 108 valence electrons. The van der Waals surface area contributed by atoms with Crippen molar-refractivity contribution in [2.45, 2.75) is 25.7 Å². The Kier molecular flexibility index (Phi) is 2.64. The smallest absolute Gasteiger partial charge is 0.301 e. The van der Waals surface area contributed by atoms with Crippen LogP contribution in [0, 0.1) is 15.5 Å². The lowest BCUT2D eigenvalue weighted by molar-refractivity contribution is -0.382. The van der Waals surface area contributed by atoms with Crippen molar-refractivity contribution in [2.24, 2.45) is 5.41 Å². The van der Waals surface area contributed by atoms with E-state index in [1.54, 1.807) is 18.3 Å². The van der Waals surface area contributed by atoms with E-state index >= 15 is 0 Å². The number of pyridine rings is 1. The zero-order valence-corrected chi connectivity index (χ0v) is 11.8. The van der Waals surface area contributed by atoms with E-state index in [9.17, 15) is 10.1 Å². The molecule has 0 bridgehead atoms. The third kappa shape index (κ3) is 2.04. The number of nitro groups is 1. The Labute approximate surface area is 122 Å². The summed E-state index contributed by atoms with van der Waals surface area (Å²) in [6, 6.07) is 7.32. The molecule has 0 radical (unpaired) electrons. The lowest BCUT2D eigenvalue weighted by Gasteiger charge is -2.34. The lowest BCUT2D eigenvalue weighted by Crippen LogP contribution is -2.36. The molecule has 4 rings (SSSR count). The van der Waals surface area contributed by atoms with E-state index in [2.05, 4.69) is 9.88 Å². The van der Waals surface area contributed by atoms with Gasteiger partial charge in [-0.1, -0.05) is 0 Å². The molecule has 21 heavy (non-hydrogen) atoms. The Balaban J connectivity index is 1.84. The summed E-state index contributed by atoms with van der Waals surface area (Å²) in [6.07, 6.45) is 6.61. The fourth-order valence-electron chi connectivity index (χ4n) is 3.57. The number of piperidine rings is 1. The van der Waals surface area contributed by atoms with Gasteiger partial charge in [0.1, 0.15) is 5.69 Å². The molecule has 1 saturated carbocycles. The average Bonchev–Trinajstić information content (AvgIpc) is 3.24. The molecule has 0 N–H and O–H groups in total. The number of rotatable bonds is 2. The SMILES string of the molecule is O=[N+]([O-])c1c(N2CCCC3(CC3)C2)ccc2ncccc12. The molecule has 2 heterocycles. The summed E-state index contributed by atoms with van der Waals surface area (Å²) in [5.41, 5.74) is 2.09. The molecule has 2 aromatic rings. The number of hydrogen-bond acceptors (Lipinski definition) is 4. The quantitative estimate of drug-likeness (QED) is 0.625. The van der Waals surface area contributed by atoms with Gasteiger partial charge in [0.15, 0.2) is 0 Å². The summed E-state index contributed by atoms with van der Waals surface area (Å²) in [5, 5.41) is 12.2. The topological polar surface area (TPSA) is 59.3 Å². The highest BCUT2D eigenvalue weighted by Gasteiger charge is 2.46. The Morgan fingerprint density at radius 2 is 2.10 bits per heavy atom. The van der Waals surface area contributed by atoms with Crippen LogP contribution in [-0.4, -0.2) is 23.0 Å². The molecule has 0 unspecified atom stereocenters. The van der Waals surface area contributed by atoms with Gasteiger partial charge in [-0.2, -0.15) is 0 Å². The van der Waals surface area contributed by atoms with Crippen molar-refractivity contribution in [1.82, 2.24) is 4.98 Å². The van der Waals surface area contributed by atoms with Crippen molar-refractivity contribution in [2.75, 3.05) is 18.0 Å². The summed E-state index contributed by atoms with van der Waals surface area (Å²) < 4.78 is 0. The van der Waals surface area contributed by atoms with Gasteiger partial charge in [-0.15, -0.1) is 0 Å². The predicted octanol–water partition coefficient (Wildman–Crippen LogP) is 3.52. The van der Waals surface area contributed by atoms with Gasteiger partial charge in [-0.3, -0.25) is 15.1 Å². The molecular weight excluding hydrogens is 266 g/mol. The van der Waals surface area contributed by atoms with E-state index in [0.717, 1.165) is 25.2 Å². The molecule has 5 heteroatoms. The van der Waals surface area contributed by atoms with Crippen molar-refractivity contribution >= 4 is 22.3 Å². The minimum absolute atomic E-state index is 0.207. The van der Waals surface area contributed by atoms with Crippen LogP contribution in [0.4, 0.5) is 11.4 Å². The number of nitrogens with zero attached hydrogens (tertiary/aromatic N) is 3. The minimum atomic E-state index is -0.256. The van der Waals surface area contributed by atoms with Crippen LogP contribution >= 0.6 is 0 Å². The third-order valence-corrected chi connectivity index (χ3v) is 4.88. The van der Waals surface area contributed by atoms with Crippen molar-refractivity contribution in [3.8, 4) is 0 Å². The molecule has 1 aliphatic heterocycles. The summed E-state index contributed by atoms with van der Waals surface area (Å²) in [5.74, 6) is 0. The first kappa shape index (κ1) is 12.6. The van der Waals surface area contributed by atoms with E-state index in [4.69, 9.17) is 0 Å². The molecule has 2 fully saturated rings. The Morgan fingerprint density at radius 3 is 2.86 bits per heavy atom. The van der Waals surface area contributed by atoms with Crippen molar-refractivity contribution in [3.63, 3.8) is 0 Å². The van der Waals surface area contributed by atoms with Gasteiger partial charge < -0.3 is 4.90 Å². The first-order chi connectivity index (χ1) is 10.2. The van der Waals surface area contributed by atoms with Crippen LogP contribution in [0.1, 0.15) is 25.7 Å². The number of benzene rings is 1. The highest BCUT2D eigenvalue weighted by molar-refractivity contribution is 5.94. The molecule has 1 aromatic heterocycles. The maximum Gasteiger partial charge on any atom is 0.301 e. The normalized spacial score (nSPS) is 19.9. The molecule has 1 saturated heterocycles. The minimum Gasteiger partial charge on any atom is -0.365 e. The monoisotopic (exact) mass is 283 g/mol. The molecule has 1 aromatic carbocycles. The third-order valence-electron chi connectivity index (χ3n) is 4.88. The van der Waals surface area contributed by atoms with Crippen LogP contribution in [0.3, 0.4) is 0 Å². The van der Waals surface area contributed by atoms with Crippen LogP contribution in [0.5, 0.6) is 0 Å². The second-order valence-corrected chi connectivity index (χ2v) is 6.29. The largest absolute Gasteiger partial charge is 0.365 e. The lowest BCUT2D eigenvalue weighted by atomic mass is 9.94. The van der Waals surface area contributed by atoms with E-state index in [1.165, 1.54) is 19.3 Å². The van der Waals surface area contributed by atoms with Crippen LogP contribution < -0.4 is 4.90 Å². The van der Waals surface area contributed by atoms with E-state index < -0.39 is 0 Å². The van der Waals surface area contributed by atoms with E-state index in [0.29, 0.717) is 16.3 Å². The van der Waals surface area contributed by atoms with Crippen molar-refractivity contribution < 1.29 is 4.92 Å². The van der Waals surface area contributed by atoms with Gasteiger partial charge in [0.25, 0.3) is 0 Å². The highest BCUT2D eigenvalue weighted by Crippen LogP contribution is 2.53. The number of nitro benzene ring substituents is 1. The van der Waals surface area contributed by atoms with Crippen LogP contribution in [-0.2, 0) is 0 Å². The summed E-state index contributed by atoms with van der Waals surface area (Å²) in [4.78, 5) is 17.8. The van der Waals surface area contributed by atoms with Gasteiger partial charge >= 0.3 is 5.69 Å². The van der Waals surface area contributed by atoms with E-state index in [1.807, 2.05) is 12.1 Å². The molecule has 1 aliphatic carbocycles. The Bertz CT molecular complexity index is 725. The summed E-state index contributed by atoms with van der Waals surface area (Å²) in [7, 11) is 0. The molecule has 5 nitrogen and oxygen atoms in total. The second-order valence-electron chi connectivity index (χ2n) is 6.29. The van der Waals surface area contributed by atoms with Gasteiger partial charge in [0, 0.05) is 19.3 Å². The van der Waals surface area contributed by atoms with Gasteiger partial charge in [0.05, 0.1) is 15.8 Å². The standard InChI is InChI=1S/C16H17N3O2/c20-19(21)15-12-3-1-9-17-13(12)4-5-14(15)18-10-2-6-16(11-18)7-8-16/h1,3-5,9H,2,6-8,10-11H2. The number of hydrogen-bond donors (Lipinski definition) is 0. The fraction of sp³-hybridized carbons (Fsp3) is 0.438. The zero-order chi connectivity index (χ0) is 14.4. The molecule has 0 amide bonds. The summed E-state index contributed by atoms with van der Waals surface area (Å²) in [6.45, 7) is 1.87. The molecular formula is C16H17N3O2. The molecule has 0 atom stereocenters. The van der Waals surface area contributed by atoms with Crippen LogP contribution in [0.25, 0.3) is 10.9 Å². The Hall–Kier alpha value is -2.17. The maximum absolute atomic E-state index is 11.6. The van der Waals surface area contributed by atoms with Crippen LogP contribution in [0.15, 0.2) is 30.5 Å². The summed E-state index contributed by atoms with van der Waals surface area (Å²) >= 11 is 0. The average molecular weight is 283 g/mol. The first-order valence-corrected chi connectivity index (χ1v) is 7.46. The van der Waals surface area contributed by atoms with Gasteiger partial charge in [-0.05, 0) is 55.4 Å². The van der Waals surface area contributed by atoms with Crippen LogP contribution in [0.2, 0.25) is 0 Å². The zero-order valence-electron chi connectivity index (χ0n) is 11.8. The molecule has 1 spiro atoms. The van der Waals surface area contributed by atoms with E-state index in [-0.39, 0.29) is 10.6 Å². The Morgan fingerprint density at radius 1 is 1.24 bits per heavy atom. The van der Waals surface area contributed by atoms with Crippen molar-refractivity contribution in [3.05, 3.63) is 40.6 Å². The maximum atomic E-state index is 11.6. The van der Waals surface area contributed by atoms with Gasteiger partial charge in [-0.25, -0.2) is 0 Å². The highest BCUT2D eigenvalue weighted by atomic mass is 16.6. The number of fused-ring (bicyclic) bond motifs is 1. The fourth-order valence-corrected chi connectivity index (χ4v) is 3.57. The predicted molar refractivity (Wildman–Crippen MR) is 81.5 cm³/mol. The molecule has 2 aliphatic rings. The second kappa shape index (κ2) is 4.41. The van der Waals surface area contributed by atoms with Gasteiger partial charge in [0.2, 0.25) is 0 Å².